The zero-order chi connectivity index (χ0) is 30.8. The molecule has 0 aliphatic carbocycles. The van der Waals surface area contributed by atoms with Gasteiger partial charge >= 0.3 is 0 Å². The zero-order valence-electron chi connectivity index (χ0n) is 28.1. The molecule has 5 heterocycles. The van der Waals surface area contributed by atoms with Crippen molar-refractivity contribution in [3.63, 3.8) is 0 Å². The van der Waals surface area contributed by atoms with E-state index in [0.29, 0.717) is 6.54 Å². The Hall–Kier alpha value is -2.78. The molecule has 0 spiro atoms. The van der Waals surface area contributed by atoms with Crippen molar-refractivity contribution in [1.82, 2.24) is 0 Å². The summed E-state index contributed by atoms with van der Waals surface area (Å²) in [5, 5.41) is 4.67. The molecule has 8 bridgehead atoms. The summed E-state index contributed by atoms with van der Waals surface area (Å²) in [5.74, 6) is 0. The van der Waals surface area contributed by atoms with Crippen LogP contribution in [0.1, 0.15) is 107 Å². The number of likely N-dealkylation sites (N-methyl/N-ethyl adjacent to an activating group) is 1. The van der Waals surface area contributed by atoms with E-state index < -0.39 is 0 Å². The normalized spacial score (nSPS) is 19.8. The second-order valence-electron chi connectivity index (χ2n) is 11.5. The first kappa shape index (κ1) is 34.1. The zero-order valence-corrected chi connectivity index (χ0v) is 29.7. The molecule has 0 aromatic heterocycles. The van der Waals surface area contributed by atoms with Gasteiger partial charge in [0.05, 0.1) is 45.6 Å². The maximum absolute atomic E-state index is 5.41. The Morgan fingerprint density at radius 3 is 1.20 bits per heavy atom. The molecule has 6 heteroatoms. The van der Waals surface area contributed by atoms with Crippen LogP contribution < -0.4 is 0 Å². The summed E-state index contributed by atoms with van der Waals surface area (Å²) in [4.78, 5) is 21.4. The molecule has 0 saturated carbocycles. The molecule has 0 radical (unpaired) electrons. The van der Waals surface area contributed by atoms with Crippen LogP contribution in [0, 0.1) is 0 Å². The second kappa shape index (κ2) is 14.5. The number of rotatable bonds is 10. The minimum absolute atomic E-state index is 0. The summed E-state index contributed by atoms with van der Waals surface area (Å²) in [6.45, 7) is 18.6. The summed E-state index contributed by atoms with van der Waals surface area (Å²) in [5.41, 5.74) is 20.1. The van der Waals surface area contributed by atoms with Gasteiger partial charge in [-0.1, -0.05) is 55.4 Å². The third kappa shape index (κ3) is 5.70. The van der Waals surface area contributed by atoms with Gasteiger partial charge in [0, 0.05) is 20.4 Å². The molecule has 44 heavy (non-hydrogen) atoms. The maximum Gasteiger partial charge on any atom is 0.0708 e. The van der Waals surface area contributed by atoms with Crippen LogP contribution in [0.2, 0.25) is 0 Å². The fraction of sp³-hybridized carbons (Fsp3) is 0.474. The molecule has 0 unspecified atom stereocenters. The quantitative estimate of drug-likeness (QED) is 0.206. The van der Waals surface area contributed by atoms with E-state index in [1.165, 1.54) is 44.6 Å². The van der Waals surface area contributed by atoms with Crippen LogP contribution in [0.4, 0.5) is 0 Å². The Labute approximate surface area is 279 Å². The van der Waals surface area contributed by atoms with Gasteiger partial charge in [0.2, 0.25) is 0 Å². The largest absolute Gasteiger partial charge is 0.661 e. The van der Waals surface area contributed by atoms with Crippen molar-refractivity contribution in [2.45, 2.75) is 107 Å². The average molecular weight is 681 g/mol. The van der Waals surface area contributed by atoms with Crippen molar-refractivity contribution in [2.75, 3.05) is 13.6 Å². The minimum atomic E-state index is 0. The van der Waals surface area contributed by atoms with E-state index in [0.717, 1.165) is 103 Å². The number of aliphatic imine (C=N–C) groups is 4. The molecule has 5 aliphatic rings. The number of nitrogens with zero attached hydrogens (tertiary/aromatic N) is 5. The van der Waals surface area contributed by atoms with Gasteiger partial charge in [0.15, 0.2) is 0 Å². The molecule has 5 aliphatic heterocycles. The van der Waals surface area contributed by atoms with E-state index in [9.17, 15) is 0 Å². The fourth-order valence-corrected chi connectivity index (χ4v) is 7.41. The molecule has 0 aromatic rings. The van der Waals surface area contributed by atoms with Crippen molar-refractivity contribution in [1.29, 1.82) is 0 Å². The predicted octanol–water partition coefficient (Wildman–Crippen LogP) is 10.2. The molecular weight excluding hydrogens is 633 g/mol. The van der Waals surface area contributed by atoms with Crippen molar-refractivity contribution >= 4 is 22.8 Å². The molecular formula is C38H48N5Pd-. The molecule has 5 nitrogen and oxygen atoms in total. The fourth-order valence-electron chi connectivity index (χ4n) is 7.41. The predicted molar refractivity (Wildman–Crippen MR) is 186 cm³/mol. The van der Waals surface area contributed by atoms with E-state index in [2.05, 4.69) is 78.9 Å². The van der Waals surface area contributed by atoms with E-state index in [-0.39, 0.29) is 20.4 Å². The number of allylic oxidation sites excluding steroid dienone is 11. The minimum Gasteiger partial charge on any atom is -0.661 e. The molecule has 0 amide bonds. The summed E-state index contributed by atoms with van der Waals surface area (Å²) in [6.07, 6.45) is 14.2. The van der Waals surface area contributed by atoms with Gasteiger partial charge in [0.1, 0.15) is 0 Å². The van der Waals surface area contributed by atoms with E-state index in [4.69, 9.17) is 20.0 Å². The van der Waals surface area contributed by atoms with E-state index >= 15 is 0 Å². The number of fused-ring (bicyclic) bond motifs is 4. The van der Waals surface area contributed by atoms with Crippen LogP contribution in [0.25, 0.3) is 5.32 Å². The average Bonchev–Trinajstić information content (AvgIpc) is 3.74. The number of hydrogen-bond acceptors (Lipinski definition) is 4. The van der Waals surface area contributed by atoms with Gasteiger partial charge in [-0.25, -0.2) is 20.0 Å². The first-order valence-corrected chi connectivity index (χ1v) is 16.6. The molecule has 5 rings (SSSR count). The van der Waals surface area contributed by atoms with Crippen molar-refractivity contribution in [3.8, 4) is 0 Å². The summed E-state index contributed by atoms with van der Waals surface area (Å²) in [6, 6.07) is 0. The molecule has 0 saturated heterocycles. The van der Waals surface area contributed by atoms with Crippen LogP contribution >= 0.6 is 0 Å². The standard InChI is InChI=1S/C38H48N5.Pd/c1-10-22-24(12-3)33-19-35-26(14-5)28(16-7)37(42-35)30(21-39-9)38-29(17-8)27(15-6)36(43-38)20-34-25(13-4)23(11-2)32(41-34)18-31(22)40-33;/h18-20H,10-17,21H2,1-9H3;/q-1;. The van der Waals surface area contributed by atoms with Crippen LogP contribution in [-0.4, -0.2) is 36.4 Å². The van der Waals surface area contributed by atoms with Crippen LogP contribution in [-0.2, 0) is 20.4 Å². The van der Waals surface area contributed by atoms with E-state index in [1.807, 2.05) is 7.05 Å². The molecule has 236 valence electrons. The number of hydrogen-bond donors (Lipinski definition) is 0. The second-order valence-corrected chi connectivity index (χ2v) is 11.5. The van der Waals surface area contributed by atoms with Gasteiger partial charge in [-0.05, 0) is 120 Å². The maximum atomic E-state index is 5.41. The van der Waals surface area contributed by atoms with Gasteiger partial charge in [0.25, 0.3) is 0 Å². The molecule has 0 atom stereocenters. The third-order valence-corrected chi connectivity index (χ3v) is 9.37. The van der Waals surface area contributed by atoms with Gasteiger partial charge < -0.3 is 5.32 Å². The van der Waals surface area contributed by atoms with E-state index in [1.54, 1.807) is 0 Å². The molecule has 0 aromatic carbocycles. The SMILES string of the molecule is CCC1=C(CC)C2=NC1=CC1=NC(=C(C[N-]C)C3=NC(=CC4=NC(=C2)C(CC)=C4CC)C(CC)=C3CC)C(CC)=C1CC.[Pd]. The third-order valence-electron chi connectivity index (χ3n) is 9.37. The Morgan fingerprint density at radius 1 is 0.432 bits per heavy atom. The van der Waals surface area contributed by atoms with Crippen molar-refractivity contribution < 1.29 is 20.4 Å². The van der Waals surface area contributed by atoms with Crippen LogP contribution in [0.5, 0.6) is 0 Å². The summed E-state index contributed by atoms with van der Waals surface area (Å²) >= 11 is 0. The Bertz CT molecular complexity index is 1620. The molecule has 0 fully saturated rings. The Morgan fingerprint density at radius 2 is 0.795 bits per heavy atom. The first-order valence-electron chi connectivity index (χ1n) is 16.6. The molecule has 0 N–H and O–H groups in total. The van der Waals surface area contributed by atoms with Crippen molar-refractivity contribution in [3.05, 3.63) is 96.5 Å². The van der Waals surface area contributed by atoms with Gasteiger partial charge in [-0.2, -0.15) is 7.05 Å². The first-order chi connectivity index (χ1) is 20.9. The van der Waals surface area contributed by atoms with Gasteiger partial charge in [-0.15, -0.1) is 6.54 Å². The summed E-state index contributed by atoms with van der Waals surface area (Å²) < 4.78 is 0. The van der Waals surface area contributed by atoms with Crippen molar-refractivity contribution in [2.24, 2.45) is 20.0 Å². The van der Waals surface area contributed by atoms with Gasteiger partial charge in [-0.3, -0.25) is 0 Å². The van der Waals surface area contributed by atoms with Crippen LogP contribution in [0.15, 0.2) is 111 Å². The Kier molecular flexibility index (Phi) is 11.3. The van der Waals surface area contributed by atoms with Crippen LogP contribution in [0.3, 0.4) is 0 Å². The smallest absolute Gasteiger partial charge is 0.0708 e. The summed E-state index contributed by atoms with van der Waals surface area (Å²) in [7, 11) is 1.90. The topological polar surface area (TPSA) is 63.5 Å². The monoisotopic (exact) mass is 680 g/mol. The Balaban J connectivity index is 0.00000442.